The molecule has 0 aromatic heterocycles. The Morgan fingerprint density at radius 2 is 1.67 bits per heavy atom. The lowest BCUT2D eigenvalue weighted by molar-refractivity contribution is -0.137. The number of rotatable bonds is 4. The number of halogens is 3. The fraction of sp³-hybridized carbons (Fsp3) is 0.176. The van der Waals surface area contributed by atoms with Crippen LogP contribution in [0.3, 0.4) is 0 Å². The molecule has 0 aliphatic carbocycles. The Hall–Kier alpha value is -2.28. The summed E-state index contributed by atoms with van der Waals surface area (Å²) in [5.41, 5.74) is 0.185. The van der Waals surface area contributed by atoms with Crippen LogP contribution < -0.4 is 4.72 Å². The van der Waals surface area contributed by atoms with Crippen molar-refractivity contribution in [2.75, 3.05) is 4.72 Å². The standard InChI is InChI=1S/C17H16F3NO2S/c1-3-4-13-7-8-14(17(18,19)20)11-16(13)21-24(22,23)15-9-5-12(2)6-10-15/h3-11,21H,1-2H3. The van der Waals surface area contributed by atoms with Crippen LogP contribution in [0, 0.1) is 6.92 Å². The third kappa shape index (κ3) is 4.17. The quantitative estimate of drug-likeness (QED) is 0.852. The minimum atomic E-state index is -4.56. The van der Waals surface area contributed by atoms with Gasteiger partial charge in [-0.15, -0.1) is 0 Å². The predicted octanol–water partition coefficient (Wildman–Crippen LogP) is 4.85. The van der Waals surface area contributed by atoms with Gasteiger partial charge in [-0.2, -0.15) is 13.2 Å². The van der Waals surface area contributed by atoms with Gasteiger partial charge in [0.25, 0.3) is 10.0 Å². The zero-order chi connectivity index (χ0) is 18.0. The molecule has 0 bridgehead atoms. The van der Waals surface area contributed by atoms with E-state index in [1.807, 2.05) is 0 Å². The number of anilines is 1. The lowest BCUT2D eigenvalue weighted by atomic mass is 10.1. The SMILES string of the molecule is CC=Cc1ccc(C(F)(F)F)cc1NS(=O)(=O)c1ccc(C)cc1. The van der Waals surface area contributed by atoms with Gasteiger partial charge < -0.3 is 0 Å². The first-order valence-corrected chi connectivity index (χ1v) is 8.55. The Morgan fingerprint density at radius 1 is 1.04 bits per heavy atom. The molecule has 2 aromatic carbocycles. The Balaban J connectivity index is 2.48. The first kappa shape index (κ1) is 18.1. The van der Waals surface area contributed by atoms with Gasteiger partial charge in [0.1, 0.15) is 0 Å². The van der Waals surface area contributed by atoms with Crippen LogP contribution in [0.2, 0.25) is 0 Å². The van der Waals surface area contributed by atoms with Crippen LogP contribution in [0.15, 0.2) is 53.4 Å². The summed E-state index contributed by atoms with van der Waals surface area (Å²) >= 11 is 0. The Labute approximate surface area is 138 Å². The summed E-state index contributed by atoms with van der Waals surface area (Å²) in [5.74, 6) is 0. The van der Waals surface area contributed by atoms with Crippen LogP contribution in [0.1, 0.15) is 23.6 Å². The number of hydrogen-bond acceptors (Lipinski definition) is 2. The second-order valence-electron chi connectivity index (χ2n) is 5.22. The second kappa shape index (κ2) is 6.68. The van der Waals surface area contributed by atoms with Crippen molar-refractivity contribution in [1.82, 2.24) is 0 Å². The zero-order valence-electron chi connectivity index (χ0n) is 13.1. The highest BCUT2D eigenvalue weighted by molar-refractivity contribution is 7.92. The fourth-order valence-corrected chi connectivity index (χ4v) is 3.15. The second-order valence-corrected chi connectivity index (χ2v) is 6.90. The molecule has 0 aliphatic rings. The maximum Gasteiger partial charge on any atom is 0.416 e. The maximum atomic E-state index is 12.9. The lowest BCUT2D eigenvalue weighted by Crippen LogP contribution is -2.15. The average Bonchev–Trinajstić information content (AvgIpc) is 2.48. The molecule has 0 spiro atoms. The number of sulfonamides is 1. The van der Waals surface area contributed by atoms with Crippen molar-refractivity contribution in [3.63, 3.8) is 0 Å². The molecular weight excluding hydrogens is 339 g/mol. The first-order chi connectivity index (χ1) is 11.1. The van der Waals surface area contributed by atoms with E-state index in [4.69, 9.17) is 0 Å². The van der Waals surface area contributed by atoms with E-state index in [0.717, 1.165) is 17.7 Å². The highest BCUT2D eigenvalue weighted by Gasteiger charge is 2.31. The topological polar surface area (TPSA) is 46.2 Å². The first-order valence-electron chi connectivity index (χ1n) is 7.07. The summed E-state index contributed by atoms with van der Waals surface area (Å²) in [6.07, 6.45) is -1.40. The normalized spacial score (nSPS) is 12.5. The van der Waals surface area contributed by atoms with E-state index in [2.05, 4.69) is 4.72 Å². The molecular formula is C17H16F3NO2S. The van der Waals surface area contributed by atoms with Crippen molar-refractivity contribution in [3.05, 3.63) is 65.2 Å². The summed E-state index contributed by atoms with van der Waals surface area (Å²) in [6.45, 7) is 3.50. The van der Waals surface area contributed by atoms with Gasteiger partial charge in [-0.3, -0.25) is 4.72 Å². The van der Waals surface area contributed by atoms with Crippen LogP contribution in [0.25, 0.3) is 6.08 Å². The van der Waals surface area contributed by atoms with Crippen LogP contribution in [-0.2, 0) is 16.2 Å². The van der Waals surface area contributed by atoms with Gasteiger partial charge in [0.2, 0.25) is 0 Å². The fourth-order valence-electron chi connectivity index (χ4n) is 2.07. The van der Waals surface area contributed by atoms with Crippen LogP contribution in [-0.4, -0.2) is 8.42 Å². The predicted molar refractivity (Wildman–Crippen MR) is 88.1 cm³/mol. The van der Waals surface area contributed by atoms with Crippen LogP contribution in [0.5, 0.6) is 0 Å². The van der Waals surface area contributed by atoms with Crippen molar-refractivity contribution in [2.45, 2.75) is 24.9 Å². The molecule has 24 heavy (non-hydrogen) atoms. The summed E-state index contributed by atoms with van der Waals surface area (Å²) in [4.78, 5) is -0.0167. The number of alkyl halides is 3. The zero-order valence-corrected chi connectivity index (χ0v) is 13.9. The van der Waals surface area contributed by atoms with E-state index in [9.17, 15) is 21.6 Å². The van der Waals surface area contributed by atoms with Gasteiger partial charge >= 0.3 is 6.18 Å². The van der Waals surface area contributed by atoms with E-state index in [1.54, 1.807) is 32.1 Å². The maximum absolute atomic E-state index is 12.9. The molecule has 0 saturated carbocycles. The Morgan fingerprint density at radius 3 is 2.21 bits per heavy atom. The Kier molecular flexibility index (Phi) is 5.03. The molecule has 0 radical (unpaired) electrons. The van der Waals surface area contributed by atoms with Crippen molar-refractivity contribution >= 4 is 21.8 Å². The van der Waals surface area contributed by atoms with E-state index in [1.165, 1.54) is 24.3 Å². The monoisotopic (exact) mass is 355 g/mol. The van der Waals surface area contributed by atoms with Crippen molar-refractivity contribution < 1.29 is 21.6 Å². The largest absolute Gasteiger partial charge is 0.416 e. The third-order valence-electron chi connectivity index (χ3n) is 3.30. The van der Waals surface area contributed by atoms with Gasteiger partial charge in [0.05, 0.1) is 16.1 Å². The molecule has 0 amide bonds. The molecule has 2 aromatic rings. The van der Waals surface area contributed by atoms with E-state index in [0.29, 0.717) is 5.56 Å². The minimum absolute atomic E-state index is 0.0167. The summed E-state index contributed by atoms with van der Waals surface area (Å²) in [6, 6.07) is 8.98. The highest BCUT2D eigenvalue weighted by atomic mass is 32.2. The summed E-state index contributed by atoms with van der Waals surface area (Å²) in [5, 5.41) is 0. The molecule has 0 saturated heterocycles. The Bertz CT molecular complexity index is 854. The smallest absolute Gasteiger partial charge is 0.279 e. The molecule has 2 rings (SSSR count). The van der Waals surface area contributed by atoms with Gasteiger partial charge in [-0.25, -0.2) is 8.42 Å². The van der Waals surface area contributed by atoms with Crippen molar-refractivity contribution in [2.24, 2.45) is 0 Å². The van der Waals surface area contributed by atoms with E-state index < -0.39 is 21.8 Å². The van der Waals surface area contributed by atoms with Gasteiger partial charge in [0, 0.05) is 0 Å². The molecule has 3 nitrogen and oxygen atoms in total. The highest BCUT2D eigenvalue weighted by Crippen LogP contribution is 2.33. The van der Waals surface area contributed by atoms with Crippen molar-refractivity contribution in [3.8, 4) is 0 Å². The number of hydrogen-bond donors (Lipinski definition) is 1. The average molecular weight is 355 g/mol. The number of benzene rings is 2. The molecule has 128 valence electrons. The molecule has 0 atom stereocenters. The molecule has 0 aliphatic heterocycles. The number of allylic oxidation sites excluding steroid dienone is 1. The lowest BCUT2D eigenvalue weighted by Gasteiger charge is -2.14. The van der Waals surface area contributed by atoms with Crippen LogP contribution in [0.4, 0.5) is 18.9 Å². The van der Waals surface area contributed by atoms with Crippen LogP contribution >= 0.6 is 0 Å². The van der Waals surface area contributed by atoms with E-state index in [-0.39, 0.29) is 10.6 Å². The third-order valence-corrected chi connectivity index (χ3v) is 4.68. The molecule has 0 heterocycles. The van der Waals surface area contributed by atoms with Crippen molar-refractivity contribution in [1.29, 1.82) is 0 Å². The number of aryl methyl sites for hydroxylation is 1. The molecule has 7 heteroatoms. The summed E-state index contributed by atoms with van der Waals surface area (Å²) < 4.78 is 65.7. The molecule has 0 unspecified atom stereocenters. The molecule has 0 fully saturated rings. The summed E-state index contributed by atoms with van der Waals surface area (Å²) in [7, 11) is -3.98. The van der Waals surface area contributed by atoms with Gasteiger partial charge in [-0.1, -0.05) is 35.9 Å². The van der Waals surface area contributed by atoms with E-state index >= 15 is 0 Å². The van der Waals surface area contributed by atoms with Gasteiger partial charge in [0.15, 0.2) is 0 Å². The van der Waals surface area contributed by atoms with Gasteiger partial charge in [-0.05, 0) is 43.7 Å². The molecule has 1 N–H and O–H groups in total. The number of nitrogens with one attached hydrogen (secondary N) is 1. The minimum Gasteiger partial charge on any atom is -0.279 e.